The molecule has 1 N–H and O–H groups in total. The summed E-state index contributed by atoms with van der Waals surface area (Å²) in [6.45, 7) is 4.23. The maximum atomic E-state index is 6.30. The first-order valence-corrected chi connectivity index (χ1v) is 9.18. The molecule has 150 valence electrons. The minimum absolute atomic E-state index is 0. The molecule has 0 fully saturated rings. The van der Waals surface area contributed by atoms with E-state index in [9.17, 15) is 0 Å². The molecule has 2 aromatic rings. The quantitative estimate of drug-likeness (QED) is 0.357. The Morgan fingerprint density at radius 1 is 1.30 bits per heavy atom. The topological polar surface area (TPSA) is 48.7 Å². The van der Waals surface area contributed by atoms with Gasteiger partial charge in [-0.15, -0.1) is 24.0 Å². The minimum Gasteiger partial charge on any atom is -0.357 e. The highest BCUT2D eigenvalue weighted by Gasteiger charge is 2.17. The van der Waals surface area contributed by atoms with Crippen molar-refractivity contribution >= 4 is 41.5 Å². The lowest BCUT2D eigenvalue weighted by molar-refractivity contribution is 0.305. The molecule has 1 atom stereocenters. The Kier molecular flexibility index (Phi) is 10.1. The molecule has 1 aromatic heterocycles. The summed E-state index contributed by atoms with van der Waals surface area (Å²) in [6.07, 6.45) is 3.95. The van der Waals surface area contributed by atoms with Crippen molar-refractivity contribution in [1.29, 1.82) is 0 Å². The molecule has 2 rings (SSSR count). The van der Waals surface area contributed by atoms with E-state index >= 15 is 0 Å². The Bertz CT molecular complexity index is 730. The van der Waals surface area contributed by atoms with Crippen LogP contribution in [0, 0.1) is 0 Å². The third-order valence-corrected chi connectivity index (χ3v) is 4.58. The Balaban J connectivity index is 0.00000364. The van der Waals surface area contributed by atoms with Gasteiger partial charge in [-0.25, -0.2) is 0 Å². The van der Waals surface area contributed by atoms with E-state index in [2.05, 4.69) is 41.2 Å². The number of aliphatic imine (C=N–C) groups is 1. The van der Waals surface area contributed by atoms with Crippen LogP contribution in [-0.4, -0.2) is 59.8 Å². The summed E-state index contributed by atoms with van der Waals surface area (Å²) in [4.78, 5) is 9.12. The summed E-state index contributed by atoms with van der Waals surface area (Å²) in [5.74, 6) is 0.864. The number of likely N-dealkylation sites (N-methyl/N-ethyl adjacent to an activating group) is 1. The highest BCUT2D eigenvalue weighted by atomic mass is 127. The monoisotopic (exact) mass is 504 g/mol. The van der Waals surface area contributed by atoms with Gasteiger partial charge in [0.2, 0.25) is 0 Å². The maximum Gasteiger partial charge on any atom is 0.194 e. The number of nitrogens with one attached hydrogen (secondary N) is 1. The molecule has 0 saturated carbocycles. The van der Waals surface area contributed by atoms with Gasteiger partial charge in [-0.2, -0.15) is 5.10 Å². The summed E-state index contributed by atoms with van der Waals surface area (Å²) in [5, 5.41) is 8.43. The predicted octanol–water partition coefficient (Wildman–Crippen LogP) is 3.39. The van der Waals surface area contributed by atoms with Gasteiger partial charge < -0.3 is 15.1 Å². The zero-order valence-corrected chi connectivity index (χ0v) is 19.8. The van der Waals surface area contributed by atoms with Crippen LogP contribution in [-0.2, 0) is 13.6 Å². The Morgan fingerprint density at radius 2 is 2.00 bits per heavy atom. The molecule has 0 spiro atoms. The lowest BCUT2D eigenvalue weighted by Gasteiger charge is -2.25. The number of hydrogen-bond acceptors (Lipinski definition) is 3. The molecule has 1 aromatic carbocycles. The molecule has 0 aliphatic heterocycles. The number of halogens is 2. The average Bonchev–Trinajstić information content (AvgIpc) is 3.02. The van der Waals surface area contributed by atoms with Gasteiger partial charge in [-0.1, -0.05) is 29.8 Å². The summed E-state index contributed by atoms with van der Waals surface area (Å²) in [5.41, 5.74) is 2.24. The fraction of sp³-hybridized carbons (Fsp3) is 0.474. The van der Waals surface area contributed by atoms with Crippen molar-refractivity contribution in [2.24, 2.45) is 12.0 Å². The zero-order valence-electron chi connectivity index (χ0n) is 16.7. The second-order valence-electron chi connectivity index (χ2n) is 6.57. The lowest BCUT2D eigenvalue weighted by Crippen LogP contribution is -2.39. The van der Waals surface area contributed by atoms with Gasteiger partial charge >= 0.3 is 0 Å². The van der Waals surface area contributed by atoms with Crippen LogP contribution in [0.5, 0.6) is 0 Å². The third kappa shape index (κ3) is 6.97. The molecule has 1 unspecified atom stereocenters. The summed E-state index contributed by atoms with van der Waals surface area (Å²) >= 11 is 6.30. The fourth-order valence-electron chi connectivity index (χ4n) is 2.78. The summed E-state index contributed by atoms with van der Waals surface area (Å²) in [6, 6.07) is 8.08. The van der Waals surface area contributed by atoms with E-state index in [1.54, 1.807) is 0 Å². The third-order valence-electron chi connectivity index (χ3n) is 4.21. The molecule has 0 aliphatic carbocycles. The van der Waals surface area contributed by atoms with E-state index in [0.29, 0.717) is 13.1 Å². The number of rotatable bonds is 7. The first-order chi connectivity index (χ1) is 12.4. The minimum atomic E-state index is 0. The van der Waals surface area contributed by atoms with Crippen molar-refractivity contribution in [3.8, 4) is 0 Å². The standard InChI is InChI=1S/C19H29ClN6.HI/c1-6-21-19(25(4)13-15-9-7-8-10-17(15)20)22-12-18(24(2)3)16-11-23-26(5)14-16;/h7-11,14,18H,6,12-13H2,1-5H3,(H,21,22);1H. The second kappa shape index (κ2) is 11.5. The number of benzene rings is 1. The number of aromatic nitrogens is 2. The Labute approximate surface area is 184 Å². The SMILES string of the molecule is CCNC(=NCC(c1cnn(C)c1)N(C)C)N(C)Cc1ccccc1Cl.I. The van der Waals surface area contributed by atoms with Gasteiger partial charge in [0.25, 0.3) is 0 Å². The van der Waals surface area contributed by atoms with Crippen LogP contribution in [0.25, 0.3) is 0 Å². The molecule has 0 aliphatic rings. The van der Waals surface area contributed by atoms with E-state index < -0.39 is 0 Å². The van der Waals surface area contributed by atoms with Crippen LogP contribution >= 0.6 is 35.6 Å². The van der Waals surface area contributed by atoms with Crippen LogP contribution in [0.1, 0.15) is 24.1 Å². The van der Waals surface area contributed by atoms with Gasteiger partial charge in [0.05, 0.1) is 18.8 Å². The van der Waals surface area contributed by atoms with Gasteiger partial charge in [0.1, 0.15) is 0 Å². The number of nitrogens with zero attached hydrogens (tertiary/aromatic N) is 5. The zero-order chi connectivity index (χ0) is 19.1. The van der Waals surface area contributed by atoms with Gasteiger partial charge in [-0.05, 0) is 32.6 Å². The Hall–Kier alpha value is -1.32. The van der Waals surface area contributed by atoms with E-state index in [4.69, 9.17) is 16.6 Å². The van der Waals surface area contributed by atoms with Crippen LogP contribution in [0.15, 0.2) is 41.7 Å². The molecule has 27 heavy (non-hydrogen) atoms. The van der Waals surface area contributed by atoms with E-state index in [-0.39, 0.29) is 30.0 Å². The molecule has 0 radical (unpaired) electrons. The number of hydrogen-bond donors (Lipinski definition) is 1. The lowest BCUT2D eigenvalue weighted by atomic mass is 10.1. The van der Waals surface area contributed by atoms with Crippen molar-refractivity contribution < 1.29 is 0 Å². The van der Waals surface area contributed by atoms with Gasteiger partial charge in [0, 0.05) is 44.0 Å². The largest absolute Gasteiger partial charge is 0.357 e. The van der Waals surface area contributed by atoms with Crippen LogP contribution in [0.2, 0.25) is 5.02 Å². The first kappa shape index (κ1) is 23.7. The van der Waals surface area contributed by atoms with Crippen molar-refractivity contribution in [3.63, 3.8) is 0 Å². The summed E-state index contributed by atoms with van der Waals surface area (Å²) < 4.78 is 1.82. The highest BCUT2D eigenvalue weighted by Crippen LogP contribution is 2.19. The molecule has 8 heteroatoms. The van der Waals surface area contributed by atoms with Gasteiger partial charge in [0.15, 0.2) is 5.96 Å². The van der Waals surface area contributed by atoms with Crippen molar-refractivity contribution in [1.82, 2.24) is 24.9 Å². The van der Waals surface area contributed by atoms with E-state index in [1.165, 1.54) is 0 Å². The molecule has 0 amide bonds. The smallest absolute Gasteiger partial charge is 0.194 e. The van der Waals surface area contributed by atoms with Crippen LogP contribution in [0.4, 0.5) is 0 Å². The molecular weight excluding hydrogens is 475 g/mol. The fourth-order valence-corrected chi connectivity index (χ4v) is 2.97. The maximum absolute atomic E-state index is 6.30. The van der Waals surface area contributed by atoms with E-state index in [0.717, 1.165) is 28.7 Å². The van der Waals surface area contributed by atoms with Crippen LogP contribution < -0.4 is 5.32 Å². The molecule has 6 nitrogen and oxygen atoms in total. The Morgan fingerprint density at radius 3 is 2.56 bits per heavy atom. The summed E-state index contributed by atoms with van der Waals surface area (Å²) in [7, 11) is 8.08. The van der Waals surface area contributed by atoms with E-state index in [1.807, 2.05) is 55.4 Å². The van der Waals surface area contributed by atoms with Gasteiger partial charge in [-0.3, -0.25) is 9.67 Å². The predicted molar refractivity (Wildman–Crippen MR) is 124 cm³/mol. The molecule has 0 saturated heterocycles. The van der Waals surface area contributed by atoms with Crippen molar-refractivity contribution in [3.05, 3.63) is 52.8 Å². The van der Waals surface area contributed by atoms with Crippen molar-refractivity contribution in [2.45, 2.75) is 19.5 Å². The number of guanidine groups is 1. The average molecular weight is 505 g/mol. The first-order valence-electron chi connectivity index (χ1n) is 8.80. The number of aryl methyl sites for hydroxylation is 1. The molecule has 1 heterocycles. The second-order valence-corrected chi connectivity index (χ2v) is 6.98. The molecular formula is C19H30ClIN6. The molecule has 0 bridgehead atoms. The normalized spacial score (nSPS) is 12.6. The highest BCUT2D eigenvalue weighted by molar-refractivity contribution is 14.0. The van der Waals surface area contributed by atoms with Crippen LogP contribution in [0.3, 0.4) is 0 Å². The van der Waals surface area contributed by atoms with Crippen molar-refractivity contribution in [2.75, 3.05) is 34.2 Å².